The van der Waals surface area contributed by atoms with Crippen molar-refractivity contribution >= 4 is 26.0 Å². The number of halogens is 2. The summed E-state index contributed by atoms with van der Waals surface area (Å²) < 4.78 is 40.4. The van der Waals surface area contributed by atoms with Crippen LogP contribution in [0.25, 0.3) is 0 Å². The number of hydrogen-bond donors (Lipinski definition) is 1. The molecule has 1 aromatic carbocycles. The van der Waals surface area contributed by atoms with E-state index in [9.17, 15) is 12.8 Å². The van der Waals surface area contributed by atoms with Gasteiger partial charge in [-0.15, -0.1) is 0 Å². The third-order valence-corrected chi connectivity index (χ3v) is 7.44. The van der Waals surface area contributed by atoms with E-state index >= 15 is 0 Å². The van der Waals surface area contributed by atoms with Gasteiger partial charge in [0.05, 0.1) is 4.90 Å². The Balaban J connectivity index is 1.89. The first kappa shape index (κ1) is 15.4. The maximum Gasteiger partial charge on any atom is 0.244 e. The summed E-state index contributed by atoms with van der Waals surface area (Å²) in [5, 5.41) is 0. The molecular formula is C14H18BrFN2O2S. The summed E-state index contributed by atoms with van der Waals surface area (Å²) in [6.07, 6.45) is 3.07. The van der Waals surface area contributed by atoms with Crippen LogP contribution in [0.5, 0.6) is 0 Å². The first-order valence-electron chi connectivity index (χ1n) is 7.10. The highest BCUT2D eigenvalue weighted by Crippen LogP contribution is 2.38. The van der Waals surface area contributed by atoms with Crippen molar-refractivity contribution in [3.8, 4) is 0 Å². The number of benzene rings is 1. The van der Waals surface area contributed by atoms with Crippen molar-refractivity contribution < 1.29 is 12.8 Å². The molecule has 3 rings (SSSR count). The van der Waals surface area contributed by atoms with Gasteiger partial charge in [-0.2, -0.15) is 4.31 Å². The smallest absolute Gasteiger partial charge is 0.244 e. The number of hydrogen-bond acceptors (Lipinski definition) is 3. The summed E-state index contributed by atoms with van der Waals surface area (Å²) in [5.74, 6) is 0.133. The van der Waals surface area contributed by atoms with Crippen molar-refractivity contribution in [3.05, 3.63) is 28.5 Å². The van der Waals surface area contributed by atoms with Gasteiger partial charge in [0, 0.05) is 23.6 Å². The fraction of sp³-hybridized carbons (Fsp3) is 0.571. The second-order valence-electron chi connectivity index (χ2n) is 5.92. The maximum atomic E-state index is 13.2. The van der Waals surface area contributed by atoms with Gasteiger partial charge < -0.3 is 5.73 Å². The minimum Gasteiger partial charge on any atom is -0.327 e. The molecule has 0 amide bonds. The third-order valence-electron chi connectivity index (χ3n) is 4.63. The Kier molecular flexibility index (Phi) is 4.11. The van der Waals surface area contributed by atoms with Crippen LogP contribution in [0.4, 0.5) is 4.39 Å². The van der Waals surface area contributed by atoms with Gasteiger partial charge in [0.2, 0.25) is 10.0 Å². The van der Waals surface area contributed by atoms with Crippen molar-refractivity contribution in [2.45, 2.75) is 30.2 Å². The lowest BCUT2D eigenvalue weighted by Crippen LogP contribution is -2.38. The van der Waals surface area contributed by atoms with Gasteiger partial charge in [-0.1, -0.05) is 6.42 Å². The molecular weight excluding hydrogens is 359 g/mol. The van der Waals surface area contributed by atoms with Gasteiger partial charge in [-0.25, -0.2) is 12.8 Å². The first-order valence-corrected chi connectivity index (χ1v) is 9.33. The van der Waals surface area contributed by atoms with E-state index in [0.29, 0.717) is 19.0 Å². The average molecular weight is 377 g/mol. The predicted octanol–water partition coefficient (Wildman–Crippen LogP) is 2.34. The van der Waals surface area contributed by atoms with Crippen LogP contribution in [0.15, 0.2) is 27.6 Å². The Morgan fingerprint density at radius 3 is 2.71 bits per heavy atom. The Bertz CT molecular complexity index is 652. The van der Waals surface area contributed by atoms with Crippen molar-refractivity contribution in [3.63, 3.8) is 0 Å². The average Bonchev–Trinajstić information content (AvgIpc) is 2.84. The second-order valence-corrected chi connectivity index (χ2v) is 8.68. The number of sulfonamides is 1. The molecule has 3 unspecified atom stereocenters. The highest BCUT2D eigenvalue weighted by molar-refractivity contribution is 9.10. The quantitative estimate of drug-likeness (QED) is 0.861. The summed E-state index contributed by atoms with van der Waals surface area (Å²) in [5.41, 5.74) is 6.13. The van der Waals surface area contributed by atoms with Gasteiger partial charge in [0.25, 0.3) is 0 Å². The number of fused-ring (bicyclic) bond motifs is 1. The summed E-state index contributed by atoms with van der Waals surface area (Å²) in [4.78, 5) is 0.121. The molecule has 7 heteroatoms. The van der Waals surface area contributed by atoms with Crippen molar-refractivity contribution in [2.24, 2.45) is 17.6 Å². The normalized spacial score (nSPS) is 30.3. The van der Waals surface area contributed by atoms with Gasteiger partial charge in [0.1, 0.15) is 5.82 Å². The van der Waals surface area contributed by atoms with Crippen LogP contribution in [0.1, 0.15) is 19.3 Å². The van der Waals surface area contributed by atoms with Crippen LogP contribution < -0.4 is 5.73 Å². The molecule has 1 saturated carbocycles. The topological polar surface area (TPSA) is 63.4 Å². The number of rotatable bonds is 2. The summed E-state index contributed by atoms with van der Waals surface area (Å²) >= 11 is 3.15. The zero-order chi connectivity index (χ0) is 15.2. The monoisotopic (exact) mass is 376 g/mol. The molecule has 116 valence electrons. The number of nitrogens with zero attached hydrogens (tertiary/aromatic N) is 1. The van der Waals surface area contributed by atoms with E-state index in [4.69, 9.17) is 5.73 Å². The molecule has 21 heavy (non-hydrogen) atoms. The molecule has 3 atom stereocenters. The largest absolute Gasteiger partial charge is 0.327 e. The third kappa shape index (κ3) is 2.76. The molecule has 1 aliphatic heterocycles. The highest BCUT2D eigenvalue weighted by Gasteiger charge is 2.43. The van der Waals surface area contributed by atoms with E-state index in [0.717, 1.165) is 19.3 Å². The van der Waals surface area contributed by atoms with Gasteiger partial charge in [-0.05, 0) is 58.8 Å². The molecule has 2 fully saturated rings. The maximum absolute atomic E-state index is 13.2. The van der Waals surface area contributed by atoms with Gasteiger partial charge >= 0.3 is 0 Å². The fourth-order valence-electron chi connectivity index (χ4n) is 3.50. The van der Waals surface area contributed by atoms with Crippen molar-refractivity contribution in [1.82, 2.24) is 4.31 Å². The zero-order valence-electron chi connectivity index (χ0n) is 11.5. The lowest BCUT2D eigenvalue weighted by Gasteiger charge is -2.29. The lowest BCUT2D eigenvalue weighted by molar-refractivity contribution is 0.260. The zero-order valence-corrected chi connectivity index (χ0v) is 13.9. The Morgan fingerprint density at radius 2 is 2.05 bits per heavy atom. The standard InChI is InChI=1S/C14H18BrFN2O2S/c15-12-6-10(16)4-5-14(12)21(19,20)18-7-9-2-1-3-13(17)11(9)8-18/h4-6,9,11,13H,1-3,7-8,17H2. The van der Waals surface area contributed by atoms with E-state index in [1.807, 2.05) is 0 Å². The van der Waals surface area contributed by atoms with E-state index in [2.05, 4.69) is 15.9 Å². The van der Waals surface area contributed by atoms with E-state index < -0.39 is 15.8 Å². The molecule has 0 bridgehead atoms. The summed E-state index contributed by atoms with van der Waals surface area (Å²) in [7, 11) is -3.60. The molecule has 4 nitrogen and oxygen atoms in total. The molecule has 0 spiro atoms. The lowest BCUT2D eigenvalue weighted by atomic mass is 9.78. The minimum absolute atomic E-state index is 0.0839. The van der Waals surface area contributed by atoms with Crippen LogP contribution in [0, 0.1) is 17.7 Å². The Morgan fingerprint density at radius 1 is 1.29 bits per heavy atom. The Labute approximate surface area is 132 Å². The van der Waals surface area contributed by atoms with E-state index in [-0.39, 0.29) is 21.3 Å². The van der Waals surface area contributed by atoms with Crippen LogP contribution in [0.2, 0.25) is 0 Å². The summed E-state index contributed by atoms with van der Waals surface area (Å²) in [6, 6.07) is 3.76. The van der Waals surface area contributed by atoms with E-state index in [1.165, 1.54) is 22.5 Å². The summed E-state index contributed by atoms with van der Waals surface area (Å²) in [6.45, 7) is 0.989. The van der Waals surface area contributed by atoms with Gasteiger partial charge in [0.15, 0.2) is 0 Å². The highest BCUT2D eigenvalue weighted by atomic mass is 79.9. The molecule has 1 aromatic rings. The molecule has 0 radical (unpaired) electrons. The van der Waals surface area contributed by atoms with Crippen LogP contribution in [-0.4, -0.2) is 31.9 Å². The SMILES string of the molecule is NC1CCCC2CN(S(=O)(=O)c3ccc(F)cc3Br)CC12. The molecule has 1 aliphatic carbocycles. The Hall–Kier alpha value is -0.500. The van der Waals surface area contributed by atoms with Crippen LogP contribution >= 0.6 is 15.9 Å². The van der Waals surface area contributed by atoms with Crippen LogP contribution in [0.3, 0.4) is 0 Å². The minimum atomic E-state index is -3.60. The van der Waals surface area contributed by atoms with E-state index in [1.54, 1.807) is 0 Å². The second kappa shape index (κ2) is 5.61. The molecule has 2 N–H and O–H groups in total. The van der Waals surface area contributed by atoms with Gasteiger partial charge in [-0.3, -0.25) is 0 Å². The fourth-order valence-corrected chi connectivity index (χ4v) is 6.04. The van der Waals surface area contributed by atoms with Crippen molar-refractivity contribution in [2.75, 3.05) is 13.1 Å². The molecule has 1 saturated heterocycles. The number of nitrogens with two attached hydrogens (primary N) is 1. The predicted molar refractivity (Wildman–Crippen MR) is 81.7 cm³/mol. The van der Waals surface area contributed by atoms with Crippen LogP contribution in [-0.2, 0) is 10.0 Å². The molecule has 2 aliphatic rings. The molecule has 0 aromatic heterocycles. The molecule has 1 heterocycles. The first-order chi connectivity index (χ1) is 9.89. The van der Waals surface area contributed by atoms with Crippen molar-refractivity contribution in [1.29, 1.82) is 0 Å².